The van der Waals surface area contributed by atoms with E-state index in [0.29, 0.717) is 18.0 Å². The lowest BCUT2D eigenvalue weighted by Gasteiger charge is -2.24. The molecule has 3 nitrogen and oxygen atoms in total. The first kappa shape index (κ1) is 6.70. The van der Waals surface area contributed by atoms with Gasteiger partial charge in [-0.25, -0.2) is 4.99 Å². The van der Waals surface area contributed by atoms with Crippen molar-refractivity contribution >= 4 is 5.96 Å². The van der Waals surface area contributed by atoms with Gasteiger partial charge in [-0.1, -0.05) is 12.2 Å². The highest BCUT2D eigenvalue weighted by Crippen LogP contribution is 2.26. The summed E-state index contributed by atoms with van der Waals surface area (Å²) in [6.45, 7) is 3.97. The molecule has 60 valence electrons. The number of fused-ring (bicyclic) bond motifs is 1. The van der Waals surface area contributed by atoms with Crippen molar-refractivity contribution in [3.8, 4) is 0 Å². The number of nitrogens with one attached hydrogen (secondary N) is 1. The Balaban J connectivity index is 2.09. The van der Waals surface area contributed by atoms with Crippen LogP contribution in [0, 0.1) is 0 Å². The molecule has 3 N–H and O–H groups in total. The molecule has 0 aromatic heterocycles. The van der Waals surface area contributed by atoms with Crippen molar-refractivity contribution < 1.29 is 0 Å². The van der Waals surface area contributed by atoms with E-state index in [1.54, 1.807) is 0 Å². The fourth-order valence-electron chi connectivity index (χ4n) is 1.81. The van der Waals surface area contributed by atoms with Crippen molar-refractivity contribution in [3.63, 3.8) is 0 Å². The molecule has 0 aromatic carbocycles. The maximum absolute atomic E-state index is 5.55. The van der Waals surface area contributed by atoms with E-state index in [9.17, 15) is 0 Å². The fraction of sp³-hybridized carbons (Fsp3) is 0.625. The van der Waals surface area contributed by atoms with Gasteiger partial charge in [-0.2, -0.15) is 0 Å². The van der Waals surface area contributed by atoms with Gasteiger partial charge in [0.25, 0.3) is 0 Å². The lowest BCUT2D eigenvalue weighted by Crippen LogP contribution is -2.39. The standard InChI is InChI=1S/C8H13N3/c1-5-2-3-6-7(4-5)11-8(9)10-6/h6-7H,1-4H2,(H3,9,10,11). The SMILES string of the molecule is C=C1CCC2N=C(N)NC2C1. The molecular formula is C8H13N3. The van der Waals surface area contributed by atoms with Crippen molar-refractivity contribution in [2.45, 2.75) is 31.3 Å². The molecule has 0 saturated heterocycles. The van der Waals surface area contributed by atoms with Gasteiger partial charge >= 0.3 is 0 Å². The summed E-state index contributed by atoms with van der Waals surface area (Å²) >= 11 is 0. The van der Waals surface area contributed by atoms with E-state index in [1.165, 1.54) is 5.57 Å². The minimum atomic E-state index is 0.417. The minimum Gasteiger partial charge on any atom is -0.370 e. The second kappa shape index (κ2) is 2.26. The van der Waals surface area contributed by atoms with Gasteiger partial charge in [0.15, 0.2) is 5.96 Å². The van der Waals surface area contributed by atoms with Crippen LogP contribution in [0.15, 0.2) is 17.1 Å². The van der Waals surface area contributed by atoms with Gasteiger partial charge in [0.2, 0.25) is 0 Å². The third-order valence-electron chi connectivity index (χ3n) is 2.40. The van der Waals surface area contributed by atoms with Gasteiger partial charge in [0, 0.05) is 0 Å². The van der Waals surface area contributed by atoms with Gasteiger partial charge < -0.3 is 11.1 Å². The average molecular weight is 151 g/mol. The summed E-state index contributed by atoms with van der Waals surface area (Å²) in [6, 6.07) is 0.858. The second-order valence-electron chi connectivity index (χ2n) is 3.33. The van der Waals surface area contributed by atoms with Gasteiger partial charge in [-0.3, -0.25) is 0 Å². The Labute approximate surface area is 66.4 Å². The first-order chi connectivity index (χ1) is 5.25. The lowest BCUT2D eigenvalue weighted by atomic mass is 9.88. The summed E-state index contributed by atoms with van der Waals surface area (Å²) in [5.41, 5.74) is 6.87. The van der Waals surface area contributed by atoms with Crippen LogP contribution in [0.25, 0.3) is 0 Å². The van der Waals surface area contributed by atoms with Gasteiger partial charge in [0.1, 0.15) is 0 Å². The molecule has 0 bridgehead atoms. The van der Waals surface area contributed by atoms with Crippen LogP contribution in [0.3, 0.4) is 0 Å². The zero-order chi connectivity index (χ0) is 7.84. The van der Waals surface area contributed by atoms with Crippen LogP contribution < -0.4 is 11.1 Å². The van der Waals surface area contributed by atoms with Crippen LogP contribution in [0.5, 0.6) is 0 Å². The molecule has 1 heterocycles. The number of hydrogen-bond acceptors (Lipinski definition) is 3. The monoisotopic (exact) mass is 151 g/mol. The topological polar surface area (TPSA) is 50.4 Å². The molecule has 3 heteroatoms. The molecule has 1 fully saturated rings. The van der Waals surface area contributed by atoms with E-state index in [4.69, 9.17) is 5.73 Å². The highest BCUT2D eigenvalue weighted by molar-refractivity contribution is 5.80. The van der Waals surface area contributed by atoms with Crippen LogP contribution in [0.2, 0.25) is 0 Å². The zero-order valence-electron chi connectivity index (χ0n) is 6.51. The number of nitrogens with zero attached hydrogens (tertiary/aromatic N) is 1. The van der Waals surface area contributed by atoms with E-state index >= 15 is 0 Å². The summed E-state index contributed by atoms with van der Waals surface area (Å²) in [5.74, 6) is 0.606. The van der Waals surface area contributed by atoms with Crippen LogP contribution in [0.4, 0.5) is 0 Å². The number of guanidine groups is 1. The second-order valence-corrected chi connectivity index (χ2v) is 3.33. The number of rotatable bonds is 0. The predicted molar refractivity (Wildman–Crippen MR) is 45.3 cm³/mol. The normalized spacial score (nSPS) is 36.0. The average Bonchev–Trinajstić information content (AvgIpc) is 2.27. The van der Waals surface area contributed by atoms with Crippen molar-refractivity contribution in [3.05, 3.63) is 12.2 Å². The van der Waals surface area contributed by atoms with Crippen LogP contribution in [-0.2, 0) is 0 Å². The van der Waals surface area contributed by atoms with Crippen LogP contribution >= 0.6 is 0 Å². The summed E-state index contributed by atoms with van der Waals surface area (Å²) in [4.78, 5) is 4.29. The molecule has 2 rings (SSSR count). The van der Waals surface area contributed by atoms with Crippen LogP contribution in [0.1, 0.15) is 19.3 Å². The van der Waals surface area contributed by atoms with E-state index in [1.807, 2.05) is 0 Å². The Hall–Kier alpha value is -0.990. The molecule has 2 unspecified atom stereocenters. The molecule has 1 aliphatic carbocycles. The van der Waals surface area contributed by atoms with Crippen molar-refractivity contribution in [1.82, 2.24) is 5.32 Å². The van der Waals surface area contributed by atoms with Crippen LogP contribution in [-0.4, -0.2) is 18.0 Å². The number of nitrogens with two attached hydrogens (primary N) is 1. The summed E-state index contributed by atoms with van der Waals surface area (Å²) in [6.07, 6.45) is 3.26. The van der Waals surface area contributed by atoms with E-state index in [2.05, 4.69) is 16.9 Å². The van der Waals surface area contributed by atoms with Crippen molar-refractivity contribution in [2.75, 3.05) is 0 Å². The molecule has 11 heavy (non-hydrogen) atoms. The molecule has 2 atom stereocenters. The van der Waals surface area contributed by atoms with Gasteiger partial charge in [0.05, 0.1) is 12.1 Å². The largest absolute Gasteiger partial charge is 0.370 e. The Bertz CT molecular complexity index is 219. The molecule has 0 aromatic rings. The third kappa shape index (κ3) is 1.11. The molecule has 1 aliphatic heterocycles. The minimum absolute atomic E-state index is 0.417. The molecule has 1 saturated carbocycles. The maximum Gasteiger partial charge on any atom is 0.189 e. The van der Waals surface area contributed by atoms with E-state index in [0.717, 1.165) is 19.3 Å². The molecule has 0 spiro atoms. The Morgan fingerprint density at radius 1 is 1.64 bits per heavy atom. The van der Waals surface area contributed by atoms with Gasteiger partial charge in [-0.15, -0.1) is 0 Å². The summed E-state index contributed by atoms with van der Waals surface area (Å²) < 4.78 is 0. The van der Waals surface area contributed by atoms with Crippen molar-refractivity contribution in [1.29, 1.82) is 0 Å². The van der Waals surface area contributed by atoms with E-state index < -0.39 is 0 Å². The van der Waals surface area contributed by atoms with Crippen molar-refractivity contribution in [2.24, 2.45) is 10.7 Å². The maximum atomic E-state index is 5.55. The highest BCUT2D eigenvalue weighted by Gasteiger charge is 2.30. The Morgan fingerprint density at radius 3 is 3.27 bits per heavy atom. The predicted octanol–water partition coefficient (Wildman–Crippen LogP) is 0.382. The number of aliphatic imine (C=N–C) groups is 1. The first-order valence-corrected chi connectivity index (χ1v) is 4.02. The highest BCUT2D eigenvalue weighted by atomic mass is 15.2. The third-order valence-corrected chi connectivity index (χ3v) is 2.40. The quantitative estimate of drug-likeness (QED) is 0.492. The summed E-state index contributed by atoms with van der Waals surface area (Å²) in [5, 5.41) is 3.15. The Kier molecular flexibility index (Phi) is 1.37. The molecule has 0 radical (unpaired) electrons. The fourth-order valence-corrected chi connectivity index (χ4v) is 1.81. The first-order valence-electron chi connectivity index (χ1n) is 4.02. The molecule has 0 amide bonds. The molecular weight excluding hydrogens is 138 g/mol. The van der Waals surface area contributed by atoms with Gasteiger partial charge in [-0.05, 0) is 19.3 Å². The lowest BCUT2D eigenvalue weighted by molar-refractivity contribution is 0.445. The zero-order valence-corrected chi connectivity index (χ0v) is 6.51. The number of hydrogen-bond donors (Lipinski definition) is 2. The molecule has 2 aliphatic rings. The van der Waals surface area contributed by atoms with E-state index in [-0.39, 0.29) is 0 Å². The Morgan fingerprint density at radius 2 is 2.45 bits per heavy atom. The smallest absolute Gasteiger partial charge is 0.189 e. The summed E-state index contributed by atoms with van der Waals surface area (Å²) in [7, 11) is 0.